The van der Waals surface area contributed by atoms with E-state index in [1.165, 1.54) is 70.6 Å². The third-order valence-electron chi connectivity index (χ3n) is 11.6. The minimum absolute atomic E-state index is 0.122. The Morgan fingerprint density at radius 2 is 1.65 bits per heavy atom. The molecule has 0 aliphatic heterocycles. The van der Waals surface area contributed by atoms with Gasteiger partial charge in [-0.05, 0) is 131 Å². The average molecular weight is 433 g/mol. The molecule has 0 radical (unpaired) electrons. The fraction of sp³-hybridized carbons (Fsp3) is 1.00. The van der Waals surface area contributed by atoms with Gasteiger partial charge in [0.2, 0.25) is 0 Å². The predicted octanol–water partition coefficient (Wildman–Crippen LogP) is 7.63. The van der Waals surface area contributed by atoms with Crippen LogP contribution in [0.1, 0.15) is 119 Å². The van der Waals surface area contributed by atoms with Crippen LogP contribution in [0.15, 0.2) is 0 Å². The van der Waals surface area contributed by atoms with Crippen molar-refractivity contribution in [1.82, 2.24) is 0 Å². The molecule has 4 rings (SSSR count). The average Bonchev–Trinajstić information content (AvgIpc) is 3.05. The monoisotopic (exact) mass is 432 g/mol. The van der Waals surface area contributed by atoms with E-state index in [4.69, 9.17) is 4.74 Å². The molecule has 0 heterocycles. The molecule has 1 N–H and O–H groups in total. The van der Waals surface area contributed by atoms with Gasteiger partial charge >= 0.3 is 0 Å². The number of aliphatic hydroxyl groups is 1. The lowest BCUT2D eigenvalue weighted by atomic mass is 9.43. The largest absolute Gasteiger partial charge is 0.390 e. The molecule has 2 nitrogen and oxygen atoms in total. The van der Waals surface area contributed by atoms with E-state index in [0.29, 0.717) is 10.8 Å². The zero-order chi connectivity index (χ0) is 22.7. The zero-order valence-electron chi connectivity index (χ0n) is 21.8. The smallest absolute Gasteiger partial charge is 0.0653 e. The van der Waals surface area contributed by atoms with Gasteiger partial charge in [-0.2, -0.15) is 0 Å². The van der Waals surface area contributed by atoms with Crippen LogP contribution in [0, 0.1) is 46.3 Å². The minimum atomic E-state index is -0.507. The van der Waals surface area contributed by atoms with Gasteiger partial charge in [0.05, 0.1) is 11.2 Å². The number of rotatable bonds is 6. The summed E-state index contributed by atoms with van der Waals surface area (Å²) in [5.41, 5.74) is 0.733. The van der Waals surface area contributed by atoms with Gasteiger partial charge in [-0.15, -0.1) is 0 Å². The minimum Gasteiger partial charge on any atom is -0.390 e. The summed E-state index contributed by atoms with van der Waals surface area (Å²) in [6, 6.07) is 0. The highest BCUT2D eigenvalue weighted by molar-refractivity contribution is 5.10. The van der Waals surface area contributed by atoms with E-state index >= 15 is 0 Å². The molecule has 4 aliphatic carbocycles. The van der Waals surface area contributed by atoms with E-state index in [1.54, 1.807) is 0 Å². The third kappa shape index (κ3) is 4.27. The van der Waals surface area contributed by atoms with Crippen molar-refractivity contribution in [3.63, 3.8) is 0 Å². The van der Waals surface area contributed by atoms with Crippen LogP contribution < -0.4 is 0 Å². The topological polar surface area (TPSA) is 29.5 Å². The standard InChI is InChI=1S/C29H52O2/c1-20(9-8-15-26(2,3)30)23-12-13-24-22-11-10-21-19-27(4,31-7)17-18-28(21,5)25(22)14-16-29(23,24)6/h20-25,30H,8-19H2,1-7H3/t20-,21+,22+,23-,24+,25+,27+,28+,29-/m1/s1. The Labute approximate surface area is 193 Å². The van der Waals surface area contributed by atoms with Gasteiger partial charge in [0.1, 0.15) is 0 Å². The van der Waals surface area contributed by atoms with E-state index in [9.17, 15) is 5.11 Å². The first kappa shape index (κ1) is 24.1. The lowest BCUT2D eigenvalue weighted by Crippen LogP contribution is -2.55. The molecule has 4 saturated carbocycles. The van der Waals surface area contributed by atoms with Crippen LogP contribution >= 0.6 is 0 Å². The van der Waals surface area contributed by atoms with Crippen LogP contribution in [0.3, 0.4) is 0 Å². The zero-order valence-corrected chi connectivity index (χ0v) is 21.8. The highest BCUT2D eigenvalue weighted by Crippen LogP contribution is 2.69. The molecule has 4 fully saturated rings. The van der Waals surface area contributed by atoms with E-state index in [0.717, 1.165) is 41.9 Å². The number of ether oxygens (including phenoxy) is 1. The summed E-state index contributed by atoms with van der Waals surface area (Å²) < 4.78 is 5.97. The Balaban J connectivity index is 1.45. The SMILES string of the molecule is CO[C@@]1(C)CC[C@@]2(C)[C@@H](CC[C@@H]3[C@@H]2CC[C@]2(C)[C@@H]([C@H](C)CCCC(C)(C)O)CC[C@@H]32)C1. The molecule has 4 aliphatic rings. The molecule has 0 amide bonds. The van der Waals surface area contributed by atoms with Gasteiger partial charge in [-0.3, -0.25) is 0 Å². The molecule has 2 heteroatoms. The van der Waals surface area contributed by atoms with Crippen LogP contribution in [0.25, 0.3) is 0 Å². The summed E-state index contributed by atoms with van der Waals surface area (Å²) in [5, 5.41) is 10.1. The molecular formula is C29H52O2. The first-order valence-corrected chi connectivity index (χ1v) is 13.7. The third-order valence-corrected chi connectivity index (χ3v) is 11.6. The summed E-state index contributed by atoms with van der Waals surface area (Å²) in [6.45, 7) is 14.2. The Bertz CT molecular complexity index is 637. The molecule has 0 aromatic carbocycles. The number of methoxy groups -OCH3 is 1. The van der Waals surface area contributed by atoms with Crippen molar-refractivity contribution < 1.29 is 9.84 Å². The molecule has 0 saturated heterocycles. The first-order chi connectivity index (χ1) is 14.4. The fourth-order valence-corrected chi connectivity index (χ4v) is 9.64. The van der Waals surface area contributed by atoms with Crippen molar-refractivity contribution in [3.8, 4) is 0 Å². The lowest BCUT2D eigenvalue weighted by Gasteiger charge is -2.62. The van der Waals surface area contributed by atoms with Crippen molar-refractivity contribution in [2.75, 3.05) is 7.11 Å². The Morgan fingerprint density at radius 3 is 2.32 bits per heavy atom. The maximum Gasteiger partial charge on any atom is 0.0653 e. The highest BCUT2D eigenvalue weighted by atomic mass is 16.5. The van der Waals surface area contributed by atoms with Crippen molar-refractivity contribution in [2.24, 2.45) is 46.3 Å². The maximum absolute atomic E-state index is 10.1. The van der Waals surface area contributed by atoms with E-state index in [2.05, 4.69) is 27.7 Å². The molecule has 0 aromatic rings. The van der Waals surface area contributed by atoms with Gasteiger partial charge in [-0.1, -0.05) is 33.6 Å². The molecule has 0 unspecified atom stereocenters. The molecule has 0 aromatic heterocycles. The van der Waals surface area contributed by atoms with Crippen LogP contribution in [-0.4, -0.2) is 23.4 Å². The summed E-state index contributed by atoms with van der Waals surface area (Å²) in [4.78, 5) is 0. The maximum atomic E-state index is 10.1. The predicted molar refractivity (Wildman–Crippen MR) is 130 cm³/mol. The van der Waals surface area contributed by atoms with Crippen molar-refractivity contribution in [2.45, 2.75) is 130 Å². The number of hydrogen-bond donors (Lipinski definition) is 1. The van der Waals surface area contributed by atoms with Gasteiger partial charge in [0.15, 0.2) is 0 Å². The fourth-order valence-electron chi connectivity index (χ4n) is 9.64. The van der Waals surface area contributed by atoms with Crippen molar-refractivity contribution >= 4 is 0 Å². The van der Waals surface area contributed by atoms with E-state index in [1.807, 2.05) is 21.0 Å². The van der Waals surface area contributed by atoms with Gasteiger partial charge in [-0.25, -0.2) is 0 Å². The summed E-state index contributed by atoms with van der Waals surface area (Å²) in [7, 11) is 1.93. The Kier molecular flexibility index (Phi) is 6.44. The number of hydrogen-bond acceptors (Lipinski definition) is 2. The normalized spacial score (nSPS) is 48.6. The van der Waals surface area contributed by atoms with E-state index < -0.39 is 5.60 Å². The Morgan fingerprint density at radius 1 is 0.935 bits per heavy atom. The number of fused-ring (bicyclic) bond motifs is 5. The van der Waals surface area contributed by atoms with Gasteiger partial charge < -0.3 is 9.84 Å². The quantitative estimate of drug-likeness (QED) is 0.467. The highest BCUT2D eigenvalue weighted by Gasteiger charge is 2.61. The molecule has 180 valence electrons. The van der Waals surface area contributed by atoms with Crippen molar-refractivity contribution in [1.29, 1.82) is 0 Å². The second-order valence-corrected chi connectivity index (χ2v) is 13.9. The lowest BCUT2D eigenvalue weighted by molar-refractivity contribution is -0.155. The molecule has 0 bridgehead atoms. The van der Waals surface area contributed by atoms with Crippen LogP contribution in [-0.2, 0) is 4.74 Å². The summed E-state index contributed by atoms with van der Waals surface area (Å²) in [6.07, 6.45) is 16.1. The van der Waals surface area contributed by atoms with E-state index in [-0.39, 0.29) is 5.60 Å². The van der Waals surface area contributed by atoms with Crippen molar-refractivity contribution in [3.05, 3.63) is 0 Å². The van der Waals surface area contributed by atoms with Gasteiger partial charge in [0, 0.05) is 7.11 Å². The first-order valence-electron chi connectivity index (χ1n) is 13.7. The van der Waals surface area contributed by atoms with Crippen LogP contribution in [0.5, 0.6) is 0 Å². The second kappa shape index (κ2) is 8.30. The van der Waals surface area contributed by atoms with Crippen LogP contribution in [0.2, 0.25) is 0 Å². The van der Waals surface area contributed by atoms with Gasteiger partial charge in [0.25, 0.3) is 0 Å². The molecule has 31 heavy (non-hydrogen) atoms. The summed E-state index contributed by atoms with van der Waals surface area (Å²) in [5.74, 6) is 5.46. The Hall–Kier alpha value is -0.0800. The van der Waals surface area contributed by atoms with Crippen LogP contribution in [0.4, 0.5) is 0 Å². The molecular weight excluding hydrogens is 380 g/mol. The molecule has 9 atom stereocenters. The second-order valence-electron chi connectivity index (χ2n) is 13.9. The summed E-state index contributed by atoms with van der Waals surface area (Å²) >= 11 is 0. The molecule has 0 spiro atoms.